The van der Waals surface area contributed by atoms with E-state index in [-0.39, 0.29) is 24.8 Å². The van der Waals surface area contributed by atoms with Crippen molar-refractivity contribution in [2.75, 3.05) is 30.8 Å². The van der Waals surface area contributed by atoms with Crippen LogP contribution in [0.15, 0.2) is 12.1 Å². The van der Waals surface area contributed by atoms with Gasteiger partial charge in [0.25, 0.3) is 0 Å². The molecule has 0 unspecified atom stereocenters. The topological polar surface area (TPSA) is 62.4 Å². The second-order valence-corrected chi connectivity index (χ2v) is 3.28. The number of alkyl halides is 3. The summed E-state index contributed by atoms with van der Waals surface area (Å²) in [6, 6.07) is 1.67. The Morgan fingerprint density at radius 2 is 2.06 bits per heavy atom. The van der Waals surface area contributed by atoms with Crippen LogP contribution < -0.4 is 10.6 Å². The van der Waals surface area contributed by atoms with Crippen LogP contribution in [0.25, 0.3) is 0 Å². The number of aromatic nitrogens is 1. The van der Waals surface area contributed by atoms with Gasteiger partial charge in [0.15, 0.2) is 0 Å². The average molecular weight is 235 g/mol. The number of hydrogen-bond acceptors (Lipinski definition) is 4. The number of halogens is 3. The maximum Gasteiger partial charge on any atom is 0.416 e. The molecule has 0 fully saturated rings. The Kier molecular flexibility index (Phi) is 3.58. The fourth-order valence-electron chi connectivity index (χ4n) is 1.16. The summed E-state index contributed by atoms with van der Waals surface area (Å²) in [6.45, 7) is 0.0160. The molecule has 1 aromatic heterocycles. The van der Waals surface area contributed by atoms with Crippen molar-refractivity contribution in [3.8, 4) is 0 Å². The molecule has 4 nitrogen and oxygen atoms in total. The molecular formula is C9H12F3N3O. The van der Waals surface area contributed by atoms with Gasteiger partial charge in [0.1, 0.15) is 11.6 Å². The van der Waals surface area contributed by atoms with Crippen molar-refractivity contribution in [1.82, 2.24) is 4.98 Å². The van der Waals surface area contributed by atoms with Crippen LogP contribution in [0.3, 0.4) is 0 Å². The van der Waals surface area contributed by atoms with Crippen molar-refractivity contribution in [3.05, 3.63) is 17.7 Å². The third-order valence-electron chi connectivity index (χ3n) is 1.99. The molecule has 7 heteroatoms. The highest BCUT2D eigenvalue weighted by Crippen LogP contribution is 2.31. The van der Waals surface area contributed by atoms with E-state index in [1.165, 1.54) is 11.9 Å². The van der Waals surface area contributed by atoms with Gasteiger partial charge < -0.3 is 15.7 Å². The van der Waals surface area contributed by atoms with Crippen LogP contribution in [-0.2, 0) is 6.18 Å². The molecule has 16 heavy (non-hydrogen) atoms. The Morgan fingerprint density at radius 1 is 1.44 bits per heavy atom. The molecule has 0 aliphatic carbocycles. The van der Waals surface area contributed by atoms with Gasteiger partial charge in [0.2, 0.25) is 0 Å². The molecule has 1 heterocycles. The van der Waals surface area contributed by atoms with E-state index in [4.69, 9.17) is 10.8 Å². The summed E-state index contributed by atoms with van der Waals surface area (Å²) >= 11 is 0. The summed E-state index contributed by atoms with van der Waals surface area (Å²) in [5.41, 5.74) is 4.44. The number of nitrogen functional groups attached to an aromatic ring is 1. The second kappa shape index (κ2) is 4.56. The zero-order chi connectivity index (χ0) is 12.3. The molecule has 0 spiro atoms. The first-order chi connectivity index (χ1) is 7.34. The van der Waals surface area contributed by atoms with Crippen LogP contribution in [0.5, 0.6) is 0 Å². The lowest BCUT2D eigenvalue weighted by molar-refractivity contribution is -0.137. The van der Waals surface area contributed by atoms with Gasteiger partial charge in [-0.1, -0.05) is 0 Å². The molecule has 0 aliphatic rings. The first-order valence-electron chi connectivity index (χ1n) is 4.51. The second-order valence-electron chi connectivity index (χ2n) is 3.28. The summed E-state index contributed by atoms with van der Waals surface area (Å²) in [4.78, 5) is 5.15. The summed E-state index contributed by atoms with van der Waals surface area (Å²) in [7, 11) is 1.53. The van der Waals surface area contributed by atoms with Gasteiger partial charge in [-0.25, -0.2) is 4.98 Å². The number of pyridine rings is 1. The Hall–Kier alpha value is -1.50. The summed E-state index contributed by atoms with van der Waals surface area (Å²) in [5.74, 6) is -0.115. The Balaban J connectivity index is 3.08. The van der Waals surface area contributed by atoms with Crippen LogP contribution in [0.2, 0.25) is 0 Å². The number of aliphatic hydroxyl groups is 1. The minimum atomic E-state index is -4.45. The third-order valence-corrected chi connectivity index (χ3v) is 1.99. The van der Waals surface area contributed by atoms with E-state index in [9.17, 15) is 13.2 Å². The Bertz CT molecular complexity index is 368. The minimum Gasteiger partial charge on any atom is -0.395 e. The lowest BCUT2D eigenvalue weighted by Gasteiger charge is -2.18. The van der Waals surface area contributed by atoms with Crippen LogP contribution in [0.4, 0.5) is 24.8 Å². The summed E-state index contributed by atoms with van der Waals surface area (Å²) in [5, 5.41) is 8.67. The Labute approximate surface area is 90.5 Å². The predicted octanol–water partition coefficient (Wildman–Crippen LogP) is 1.11. The number of aliphatic hydroxyl groups excluding tert-OH is 1. The standard InChI is InChI=1S/C9H12F3N3O/c1-15(2-3-16)8-5-6(9(10,11)12)4-7(13)14-8/h4-5,16H,2-3H2,1H3,(H2,13,14). The fraction of sp³-hybridized carbons (Fsp3) is 0.444. The third kappa shape index (κ3) is 2.99. The molecular weight excluding hydrogens is 223 g/mol. The molecule has 90 valence electrons. The SMILES string of the molecule is CN(CCO)c1cc(C(F)(F)F)cc(N)n1. The van der Waals surface area contributed by atoms with Gasteiger partial charge >= 0.3 is 6.18 Å². The normalized spacial score (nSPS) is 11.6. The lowest BCUT2D eigenvalue weighted by Crippen LogP contribution is -2.23. The largest absolute Gasteiger partial charge is 0.416 e. The van der Waals surface area contributed by atoms with Crippen LogP contribution in [-0.4, -0.2) is 30.3 Å². The monoisotopic (exact) mass is 235 g/mol. The number of rotatable bonds is 3. The van der Waals surface area contributed by atoms with Crippen molar-refractivity contribution in [1.29, 1.82) is 0 Å². The number of likely N-dealkylation sites (N-methyl/N-ethyl adjacent to an activating group) is 1. The highest BCUT2D eigenvalue weighted by atomic mass is 19.4. The molecule has 1 rings (SSSR count). The molecule has 3 N–H and O–H groups in total. The van der Waals surface area contributed by atoms with Crippen molar-refractivity contribution < 1.29 is 18.3 Å². The summed E-state index contributed by atoms with van der Waals surface area (Å²) in [6.07, 6.45) is -4.45. The summed E-state index contributed by atoms with van der Waals surface area (Å²) < 4.78 is 37.3. The van der Waals surface area contributed by atoms with Gasteiger partial charge in [0.05, 0.1) is 12.2 Å². The van der Waals surface area contributed by atoms with Gasteiger partial charge in [0, 0.05) is 13.6 Å². The fourth-order valence-corrected chi connectivity index (χ4v) is 1.16. The van der Waals surface area contributed by atoms with Gasteiger partial charge in [-0.3, -0.25) is 0 Å². The van der Waals surface area contributed by atoms with Gasteiger partial charge in [-0.15, -0.1) is 0 Å². The zero-order valence-electron chi connectivity index (χ0n) is 8.62. The van der Waals surface area contributed by atoms with Crippen molar-refractivity contribution in [2.24, 2.45) is 0 Å². The van der Waals surface area contributed by atoms with Crippen molar-refractivity contribution >= 4 is 11.6 Å². The zero-order valence-corrected chi connectivity index (χ0v) is 8.62. The molecule has 0 radical (unpaired) electrons. The molecule has 0 amide bonds. The highest BCUT2D eigenvalue weighted by Gasteiger charge is 2.31. The van der Waals surface area contributed by atoms with E-state index >= 15 is 0 Å². The minimum absolute atomic E-state index is 0.0846. The van der Waals surface area contributed by atoms with E-state index in [1.54, 1.807) is 0 Å². The molecule has 0 aliphatic heterocycles. The molecule has 0 bridgehead atoms. The van der Waals surface area contributed by atoms with Crippen LogP contribution in [0, 0.1) is 0 Å². The average Bonchev–Trinajstić information content (AvgIpc) is 2.16. The number of nitrogens with two attached hydrogens (primary N) is 1. The van der Waals surface area contributed by atoms with Gasteiger partial charge in [-0.2, -0.15) is 13.2 Å². The molecule has 0 saturated heterocycles. The van der Waals surface area contributed by atoms with E-state index in [1.807, 2.05) is 0 Å². The van der Waals surface area contributed by atoms with Crippen LogP contribution in [0.1, 0.15) is 5.56 Å². The number of nitrogens with zero attached hydrogens (tertiary/aromatic N) is 2. The number of anilines is 2. The quantitative estimate of drug-likeness (QED) is 0.823. The predicted molar refractivity (Wildman–Crippen MR) is 54.0 cm³/mol. The van der Waals surface area contributed by atoms with E-state index in [0.717, 1.165) is 12.1 Å². The van der Waals surface area contributed by atoms with Gasteiger partial charge in [-0.05, 0) is 12.1 Å². The van der Waals surface area contributed by atoms with Crippen molar-refractivity contribution in [2.45, 2.75) is 6.18 Å². The Morgan fingerprint density at radius 3 is 2.56 bits per heavy atom. The van der Waals surface area contributed by atoms with E-state index in [2.05, 4.69) is 4.98 Å². The molecule has 0 aromatic carbocycles. The van der Waals surface area contributed by atoms with Crippen molar-refractivity contribution in [3.63, 3.8) is 0 Å². The van der Waals surface area contributed by atoms with Crippen LogP contribution >= 0.6 is 0 Å². The maximum atomic E-state index is 12.4. The molecule has 0 saturated carbocycles. The first-order valence-corrected chi connectivity index (χ1v) is 4.51. The smallest absolute Gasteiger partial charge is 0.395 e. The first kappa shape index (κ1) is 12.6. The maximum absolute atomic E-state index is 12.4. The highest BCUT2D eigenvalue weighted by molar-refractivity contribution is 5.48. The lowest BCUT2D eigenvalue weighted by atomic mass is 10.2. The van der Waals surface area contributed by atoms with E-state index < -0.39 is 11.7 Å². The van der Waals surface area contributed by atoms with E-state index in [0.29, 0.717) is 0 Å². The number of hydrogen-bond donors (Lipinski definition) is 2. The molecule has 1 aromatic rings. The molecule has 0 atom stereocenters.